The van der Waals surface area contributed by atoms with Gasteiger partial charge in [-0.05, 0) is 25.2 Å². The largest absolute Gasteiger partial charge is 0.475 e. The third-order valence-electron chi connectivity index (χ3n) is 5.40. The molecule has 1 aromatic rings. The van der Waals surface area contributed by atoms with Gasteiger partial charge < -0.3 is 19.3 Å². The van der Waals surface area contributed by atoms with Gasteiger partial charge in [-0.15, -0.1) is 0 Å². The fourth-order valence-electron chi connectivity index (χ4n) is 3.72. The number of ether oxygens (including phenoxy) is 2. The third-order valence-corrected chi connectivity index (χ3v) is 5.40. The molecule has 1 amide bonds. The zero-order valence-electron chi connectivity index (χ0n) is 14.2. The average molecular weight is 366 g/mol. The van der Waals surface area contributed by atoms with Crippen molar-refractivity contribution >= 4 is 11.7 Å². The second kappa shape index (κ2) is 5.73. The number of likely N-dealkylation sites (tertiary alicyclic amines) is 1. The van der Waals surface area contributed by atoms with E-state index in [0.29, 0.717) is 31.5 Å². The molecule has 0 spiro atoms. The minimum absolute atomic E-state index is 0.0823. The summed E-state index contributed by atoms with van der Waals surface area (Å²) in [4.78, 5) is 24.6. The summed E-state index contributed by atoms with van der Waals surface area (Å²) < 4.78 is 37.7. The van der Waals surface area contributed by atoms with Crippen molar-refractivity contribution in [3.63, 3.8) is 0 Å². The molecule has 4 aliphatic rings. The van der Waals surface area contributed by atoms with E-state index in [4.69, 9.17) is 9.47 Å². The van der Waals surface area contributed by atoms with Gasteiger partial charge in [-0.2, -0.15) is 0 Å². The van der Waals surface area contributed by atoms with Crippen LogP contribution < -0.4 is 9.64 Å². The van der Waals surface area contributed by atoms with Crippen LogP contribution >= 0.6 is 0 Å². The molecule has 9 heteroatoms. The maximum absolute atomic E-state index is 13.2. The zero-order chi connectivity index (χ0) is 17.9. The van der Waals surface area contributed by atoms with Crippen molar-refractivity contribution in [1.82, 2.24) is 14.9 Å². The number of hydrogen-bond donors (Lipinski definition) is 0. The normalized spacial score (nSPS) is 29.0. The Bertz CT molecular complexity index is 735. The van der Waals surface area contributed by atoms with Crippen LogP contribution in [0.15, 0.2) is 6.20 Å². The lowest BCUT2D eigenvalue weighted by atomic mass is 10.1. The molecule has 0 N–H and O–H groups in total. The predicted molar refractivity (Wildman–Crippen MR) is 86.6 cm³/mol. The Morgan fingerprint density at radius 1 is 1.38 bits per heavy atom. The molecule has 4 heterocycles. The highest BCUT2D eigenvalue weighted by Crippen LogP contribution is 2.37. The van der Waals surface area contributed by atoms with E-state index in [9.17, 15) is 13.6 Å². The monoisotopic (exact) mass is 366 g/mol. The van der Waals surface area contributed by atoms with Gasteiger partial charge in [0.05, 0.1) is 44.6 Å². The van der Waals surface area contributed by atoms with Crippen molar-refractivity contribution in [2.24, 2.45) is 5.92 Å². The van der Waals surface area contributed by atoms with E-state index in [2.05, 4.69) is 9.97 Å². The number of nitrogens with zero attached hydrogens (tertiary/aromatic N) is 4. The van der Waals surface area contributed by atoms with Crippen LogP contribution in [-0.2, 0) is 4.74 Å². The molecule has 1 aliphatic carbocycles. The van der Waals surface area contributed by atoms with Crippen molar-refractivity contribution in [1.29, 1.82) is 0 Å². The number of morpholine rings is 1. The Kier molecular flexibility index (Phi) is 3.57. The third kappa shape index (κ3) is 2.87. The Morgan fingerprint density at radius 3 is 2.81 bits per heavy atom. The molecule has 0 unspecified atom stereocenters. The lowest BCUT2D eigenvalue weighted by Crippen LogP contribution is -2.56. The lowest BCUT2D eigenvalue weighted by molar-refractivity contribution is -0.0270. The number of carbonyl (C=O) groups is 1. The van der Waals surface area contributed by atoms with E-state index in [1.807, 2.05) is 0 Å². The van der Waals surface area contributed by atoms with Gasteiger partial charge in [0.1, 0.15) is 0 Å². The van der Waals surface area contributed by atoms with Gasteiger partial charge in [0.2, 0.25) is 0 Å². The van der Waals surface area contributed by atoms with Gasteiger partial charge in [0.25, 0.3) is 17.7 Å². The zero-order valence-corrected chi connectivity index (χ0v) is 14.2. The van der Waals surface area contributed by atoms with Crippen LogP contribution in [-0.4, -0.2) is 71.7 Å². The summed E-state index contributed by atoms with van der Waals surface area (Å²) in [5.41, 5.74) is 0.194. The molecule has 26 heavy (non-hydrogen) atoms. The summed E-state index contributed by atoms with van der Waals surface area (Å²) in [6.45, 7) is 0.787. The van der Waals surface area contributed by atoms with Gasteiger partial charge in [-0.25, -0.2) is 18.7 Å². The van der Waals surface area contributed by atoms with Gasteiger partial charge in [0.15, 0.2) is 11.5 Å². The summed E-state index contributed by atoms with van der Waals surface area (Å²) in [5, 5.41) is 0. The smallest absolute Gasteiger partial charge is 0.282 e. The van der Waals surface area contributed by atoms with E-state index < -0.39 is 19.0 Å². The molecular weight excluding hydrogens is 346 g/mol. The Balaban J connectivity index is 1.37. The number of fused-ring (bicyclic) bond motifs is 2. The summed E-state index contributed by atoms with van der Waals surface area (Å²) >= 11 is 0. The van der Waals surface area contributed by atoms with Crippen molar-refractivity contribution in [2.75, 3.05) is 37.7 Å². The number of aromatic nitrogens is 2. The molecule has 2 atom stereocenters. The number of carbonyl (C=O) groups excluding carboxylic acids is 1. The van der Waals surface area contributed by atoms with Crippen LogP contribution in [0.25, 0.3) is 0 Å². The first-order chi connectivity index (χ1) is 12.5. The van der Waals surface area contributed by atoms with E-state index in [1.165, 1.54) is 11.1 Å². The molecule has 5 rings (SSSR count). The average Bonchev–Trinajstić information content (AvgIpc) is 3.19. The molecule has 4 fully saturated rings. The van der Waals surface area contributed by atoms with Crippen LogP contribution in [0.2, 0.25) is 0 Å². The fraction of sp³-hybridized carbons (Fsp3) is 0.706. The Labute approximate surface area is 149 Å². The van der Waals surface area contributed by atoms with Crippen LogP contribution in [0.3, 0.4) is 0 Å². The number of halogens is 2. The molecular formula is C17H20F2N4O3. The summed E-state index contributed by atoms with van der Waals surface area (Å²) in [6, 6.07) is 0.0823. The maximum Gasteiger partial charge on any atom is 0.282 e. The first-order valence-corrected chi connectivity index (χ1v) is 9.04. The first-order valence-electron chi connectivity index (χ1n) is 9.04. The molecule has 0 aromatic carbocycles. The highest BCUT2D eigenvalue weighted by molar-refractivity contribution is 5.93. The van der Waals surface area contributed by atoms with Crippen LogP contribution in [0, 0.1) is 5.92 Å². The Hall–Kier alpha value is -2.03. The summed E-state index contributed by atoms with van der Waals surface area (Å²) in [7, 11) is 0. The van der Waals surface area contributed by atoms with Crippen molar-refractivity contribution < 1.29 is 23.0 Å². The standard InChI is InChI=1S/C17H20F2N4O3/c18-17(19)8-22(9-17)14-15(26-6-10-1-2-10)21-13(4-20-14)16(24)23-5-12-3-11(23)7-25-12/h4,10-12H,1-3,5-9H2/t11-,12-/m1/s1. The van der Waals surface area contributed by atoms with Crippen LogP contribution in [0.1, 0.15) is 29.8 Å². The summed E-state index contributed by atoms with van der Waals surface area (Å²) in [6.07, 6.45) is 4.51. The second-order valence-electron chi connectivity index (χ2n) is 7.65. The van der Waals surface area contributed by atoms with Gasteiger partial charge in [0, 0.05) is 6.54 Å². The van der Waals surface area contributed by atoms with Gasteiger partial charge in [-0.1, -0.05) is 0 Å². The van der Waals surface area contributed by atoms with Crippen molar-refractivity contribution in [2.45, 2.75) is 37.3 Å². The van der Waals surface area contributed by atoms with Crippen molar-refractivity contribution in [3.05, 3.63) is 11.9 Å². The van der Waals surface area contributed by atoms with E-state index >= 15 is 0 Å². The van der Waals surface area contributed by atoms with Crippen LogP contribution in [0.5, 0.6) is 5.88 Å². The highest BCUT2D eigenvalue weighted by atomic mass is 19.3. The second-order valence-corrected chi connectivity index (χ2v) is 7.65. The minimum atomic E-state index is -2.71. The van der Waals surface area contributed by atoms with Crippen molar-refractivity contribution in [3.8, 4) is 5.88 Å². The fourth-order valence-corrected chi connectivity index (χ4v) is 3.72. The number of hydrogen-bond acceptors (Lipinski definition) is 6. The predicted octanol–water partition coefficient (Wildman–Crippen LogP) is 1.33. The molecule has 3 aliphatic heterocycles. The van der Waals surface area contributed by atoms with E-state index in [-0.39, 0.29) is 29.6 Å². The maximum atomic E-state index is 13.2. The minimum Gasteiger partial charge on any atom is -0.475 e. The van der Waals surface area contributed by atoms with Crippen LogP contribution in [0.4, 0.5) is 14.6 Å². The lowest BCUT2D eigenvalue weighted by Gasteiger charge is -2.39. The molecule has 0 radical (unpaired) electrons. The molecule has 7 nitrogen and oxygen atoms in total. The SMILES string of the molecule is O=C(c1cnc(N2CC(F)(F)C2)c(OCC2CC2)n1)N1C[C@H]2C[C@@H]1CO2. The highest BCUT2D eigenvalue weighted by Gasteiger charge is 2.46. The molecule has 3 saturated heterocycles. The van der Waals surface area contributed by atoms with E-state index in [1.54, 1.807) is 4.90 Å². The van der Waals surface area contributed by atoms with Gasteiger partial charge in [-0.3, -0.25) is 4.79 Å². The quantitative estimate of drug-likeness (QED) is 0.783. The molecule has 2 bridgehead atoms. The molecule has 140 valence electrons. The van der Waals surface area contributed by atoms with Gasteiger partial charge >= 0.3 is 0 Å². The molecule has 1 saturated carbocycles. The number of anilines is 1. The number of rotatable bonds is 5. The topological polar surface area (TPSA) is 67.8 Å². The summed E-state index contributed by atoms with van der Waals surface area (Å²) in [5.74, 6) is -1.96. The van der Waals surface area contributed by atoms with E-state index in [0.717, 1.165) is 19.3 Å². The Morgan fingerprint density at radius 2 is 2.19 bits per heavy atom. The first kappa shape index (κ1) is 16.2. The number of amides is 1. The molecule has 1 aromatic heterocycles. The number of alkyl halides is 2.